The predicted molar refractivity (Wildman–Crippen MR) is 108 cm³/mol. The van der Waals surface area contributed by atoms with E-state index in [0.717, 1.165) is 52.3 Å². The molecule has 2 aromatic rings. The zero-order valence-corrected chi connectivity index (χ0v) is 16.5. The number of benzene rings is 2. The number of fused-ring (bicyclic) bond motifs is 1. The summed E-state index contributed by atoms with van der Waals surface area (Å²) in [6.07, 6.45) is 2.39. The second-order valence-corrected chi connectivity index (χ2v) is 7.14. The molecule has 2 aromatic carbocycles. The molecule has 1 aliphatic rings. The number of carbonyl (C=O) groups is 1. The zero-order chi connectivity index (χ0) is 19.6. The first-order valence-electron chi connectivity index (χ1n) is 9.32. The maximum atomic E-state index is 13.1. The van der Waals surface area contributed by atoms with Crippen LogP contribution in [0.3, 0.4) is 0 Å². The van der Waals surface area contributed by atoms with Gasteiger partial charge in [-0.05, 0) is 85.7 Å². The third-order valence-electron chi connectivity index (χ3n) is 5.32. The van der Waals surface area contributed by atoms with E-state index in [9.17, 15) is 4.79 Å². The highest BCUT2D eigenvalue weighted by molar-refractivity contribution is 5.98. The lowest BCUT2D eigenvalue weighted by atomic mass is 9.94. The number of methoxy groups -OCH3 is 2. The van der Waals surface area contributed by atoms with Crippen molar-refractivity contribution in [3.8, 4) is 11.5 Å². The summed E-state index contributed by atoms with van der Waals surface area (Å²) in [5.41, 5.74) is 11.7. The lowest BCUT2D eigenvalue weighted by Gasteiger charge is -2.32. The average Bonchev–Trinajstić information content (AvgIpc) is 2.68. The number of hydrogen-bond acceptors (Lipinski definition) is 4. The highest BCUT2D eigenvalue weighted by Crippen LogP contribution is 2.31. The Kier molecular flexibility index (Phi) is 5.71. The smallest absolute Gasteiger partial charge is 0.244 e. The molecule has 0 spiro atoms. The largest absolute Gasteiger partial charge is 0.497 e. The van der Waals surface area contributed by atoms with Gasteiger partial charge < -0.3 is 20.1 Å². The minimum Gasteiger partial charge on any atom is -0.497 e. The molecular weight excluding hydrogens is 340 g/mol. The SMILES string of the molecule is COc1cc(C)c(C[C@H](N)C(=O)N2CCCc3cc(OC)ccc32)c(C)c1. The predicted octanol–water partition coefficient (Wildman–Crippen LogP) is 3.17. The lowest BCUT2D eigenvalue weighted by Crippen LogP contribution is -2.47. The molecule has 5 nitrogen and oxygen atoms in total. The third-order valence-corrected chi connectivity index (χ3v) is 5.32. The fraction of sp³-hybridized carbons (Fsp3) is 0.409. The third kappa shape index (κ3) is 3.93. The van der Waals surface area contributed by atoms with Gasteiger partial charge in [0.1, 0.15) is 11.5 Å². The molecule has 1 atom stereocenters. The summed E-state index contributed by atoms with van der Waals surface area (Å²) in [6.45, 7) is 4.77. The summed E-state index contributed by atoms with van der Waals surface area (Å²) in [7, 11) is 3.31. The van der Waals surface area contributed by atoms with Crippen molar-refractivity contribution < 1.29 is 14.3 Å². The van der Waals surface area contributed by atoms with Gasteiger partial charge in [-0.3, -0.25) is 4.79 Å². The van der Waals surface area contributed by atoms with Crippen molar-refractivity contribution in [1.29, 1.82) is 0 Å². The first-order chi connectivity index (χ1) is 12.9. The number of anilines is 1. The maximum Gasteiger partial charge on any atom is 0.244 e. The van der Waals surface area contributed by atoms with Gasteiger partial charge in [-0.25, -0.2) is 0 Å². The first-order valence-corrected chi connectivity index (χ1v) is 9.32. The van der Waals surface area contributed by atoms with Crippen LogP contribution < -0.4 is 20.1 Å². The number of rotatable bonds is 5. The fourth-order valence-corrected chi connectivity index (χ4v) is 3.83. The van der Waals surface area contributed by atoms with E-state index in [1.165, 1.54) is 0 Å². The minimum atomic E-state index is -0.580. The van der Waals surface area contributed by atoms with Gasteiger partial charge >= 0.3 is 0 Å². The van der Waals surface area contributed by atoms with E-state index in [4.69, 9.17) is 15.2 Å². The minimum absolute atomic E-state index is 0.0317. The van der Waals surface area contributed by atoms with E-state index in [-0.39, 0.29) is 5.91 Å². The quantitative estimate of drug-likeness (QED) is 0.880. The number of nitrogens with zero attached hydrogens (tertiary/aromatic N) is 1. The topological polar surface area (TPSA) is 64.8 Å². The van der Waals surface area contributed by atoms with Gasteiger partial charge in [-0.15, -0.1) is 0 Å². The van der Waals surface area contributed by atoms with Crippen LogP contribution in [0.5, 0.6) is 11.5 Å². The number of carbonyl (C=O) groups excluding carboxylic acids is 1. The second-order valence-electron chi connectivity index (χ2n) is 7.14. The number of hydrogen-bond donors (Lipinski definition) is 1. The van der Waals surface area contributed by atoms with Crippen LogP contribution in [0.25, 0.3) is 0 Å². The van der Waals surface area contributed by atoms with Gasteiger partial charge in [0.05, 0.1) is 20.3 Å². The molecule has 3 rings (SSSR count). The van der Waals surface area contributed by atoms with E-state index in [1.807, 2.05) is 49.1 Å². The molecule has 0 bridgehead atoms. The van der Waals surface area contributed by atoms with E-state index in [2.05, 4.69) is 0 Å². The van der Waals surface area contributed by atoms with Crippen LogP contribution in [-0.4, -0.2) is 32.7 Å². The van der Waals surface area contributed by atoms with Crippen LogP contribution in [0.4, 0.5) is 5.69 Å². The molecule has 0 fully saturated rings. The highest BCUT2D eigenvalue weighted by atomic mass is 16.5. The van der Waals surface area contributed by atoms with Gasteiger partial charge in [0.15, 0.2) is 0 Å². The molecule has 144 valence electrons. The second kappa shape index (κ2) is 8.01. The number of amides is 1. The Labute approximate surface area is 161 Å². The van der Waals surface area contributed by atoms with Crippen molar-refractivity contribution in [2.24, 2.45) is 5.73 Å². The maximum absolute atomic E-state index is 13.1. The number of nitrogens with two attached hydrogens (primary N) is 1. The summed E-state index contributed by atoms with van der Waals surface area (Å²) < 4.78 is 10.6. The van der Waals surface area contributed by atoms with Gasteiger partial charge in [0.2, 0.25) is 5.91 Å². The highest BCUT2D eigenvalue weighted by Gasteiger charge is 2.27. The number of aryl methyl sites for hydroxylation is 3. The van der Waals surface area contributed by atoms with Crippen molar-refractivity contribution in [2.75, 3.05) is 25.7 Å². The Morgan fingerprint density at radius 3 is 2.41 bits per heavy atom. The Bertz CT molecular complexity index is 824. The van der Waals surface area contributed by atoms with Crippen LogP contribution in [0, 0.1) is 13.8 Å². The molecular formula is C22H28N2O3. The molecule has 5 heteroatoms. The van der Waals surface area contributed by atoms with Crippen LogP contribution in [-0.2, 0) is 17.6 Å². The van der Waals surface area contributed by atoms with Crippen molar-refractivity contribution >= 4 is 11.6 Å². The molecule has 0 radical (unpaired) electrons. The van der Waals surface area contributed by atoms with E-state index in [0.29, 0.717) is 13.0 Å². The summed E-state index contributed by atoms with van der Waals surface area (Å²) >= 11 is 0. The van der Waals surface area contributed by atoms with Crippen molar-refractivity contribution in [1.82, 2.24) is 0 Å². The van der Waals surface area contributed by atoms with E-state index < -0.39 is 6.04 Å². The molecule has 0 aromatic heterocycles. The molecule has 1 heterocycles. The molecule has 1 aliphatic heterocycles. The van der Waals surface area contributed by atoms with Gasteiger partial charge in [0, 0.05) is 12.2 Å². The van der Waals surface area contributed by atoms with Crippen LogP contribution in [0.1, 0.15) is 28.7 Å². The Balaban J connectivity index is 1.81. The van der Waals surface area contributed by atoms with Crippen LogP contribution >= 0.6 is 0 Å². The summed E-state index contributed by atoms with van der Waals surface area (Å²) in [4.78, 5) is 14.9. The zero-order valence-electron chi connectivity index (χ0n) is 16.5. The molecule has 2 N–H and O–H groups in total. The summed E-state index contributed by atoms with van der Waals surface area (Å²) in [6, 6.07) is 9.27. The van der Waals surface area contributed by atoms with Crippen molar-refractivity contribution in [3.63, 3.8) is 0 Å². The van der Waals surface area contributed by atoms with Gasteiger partial charge in [-0.2, -0.15) is 0 Å². The summed E-state index contributed by atoms with van der Waals surface area (Å²) in [5.74, 6) is 1.61. The van der Waals surface area contributed by atoms with Gasteiger partial charge in [0.25, 0.3) is 0 Å². The molecule has 1 amide bonds. The lowest BCUT2D eigenvalue weighted by molar-refractivity contribution is -0.119. The normalized spacial score (nSPS) is 14.5. The van der Waals surface area contributed by atoms with Crippen LogP contribution in [0.15, 0.2) is 30.3 Å². The molecule has 0 saturated heterocycles. The molecule has 0 aliphatic carbocycles. The molecule has 0 unspecified atom stereocenters. The Hall–Kier alpha value is -2.53. The first kappa shape index (κ1) is 19.2. The van der Waals surface area contributed by atoms with Crippen molar-refractivity contribution in [3.05, 3.63) is 52.6 Å². The fourth-order valence-electron chi connectivity index (χ4n) is 3.83. The average molecular weight is 368 g/mol. The Morgan fingerprint density at radius 2 is 1.78 bits per heavy atom. The van der Waals surface area contributed by atoms with E-state index >= 15 is 0 Å². The number of ether oxygens (including phenoxy) is 2. The van der Waals surface area contributed by atoms with Crippen molar-refractivity contribution in [2.45, 2.75) is 39.2 Å². The van der Waals surface area contributed by atoms with E-state index in [1.54, 1.807) is 14.2 Å². The Morgan fingerprint density at radius 1 is 1.11 bits per heavy atom. The molecule has 0 saturated carbocycles. The van der Waals surface area contributed by atoms with Crippen LogP contribution in [0.2, 0.25) is 0 Å². The summed E-state index contributed by atoms with van der Waals surface area (Å²) in [5, 5.41) is 0. The monoisotopic (exact) mass is 368 g/mol. The molecule has 27 heavy (non-hydrogen) atoms. The standard InChI is InChI=1S/C22H28N2O3/c1-14-10-18(27-4)11-15(2)19(14)13-20(23)22(25)24-9-5-6-16-12-17(26-3)7-8-21(16)24/h7-8,10-12,20H,5-6,9,13,23H2,1-4H3/t20-/m0/s1. The van der Waals surface area contributed by atoms with Gasteiger partial charge in [-0.1, -0.05) is 0 Å².